The number of pyridine rings is 1. The molecule has 2 heterocycles. The van der Waals surface area contributed by atoms with Crippen molar-refractivity contribution in [3.8, 4) is 10.6 Å². The molecule has 0 aliphatic carbocycles. The summed E-state index contributed by atoms with van der Waals surface area (Å²) in [5.41, 5.74) is 1.08. The van der Waals surface area contributed by atoms with Gasteiger partial charge in [-0.2, -0.15) is 8.94 Å². The molecule has 0 unspecified atom stereocenters. The molecule has 0 aliphatic heterocycles. The molecule has 0 bridgehead atoms. The highest BCUT2D eigenvalue weighted by molar-refractivity contribution is 7.09. The first-order chi connectivity index (χ1) is 6.90. The second-order valence-electron chi connectivity index (χ2n) is 2.77. The third-order valence-electron chi connectivity index (χ3n) is 1.78. The molecule has 0 saturated carbocycles. The maximum absolute atomic E-state index is 5.00. The second kappa shape index (κ2) is 4.26. The molecule has 2 aromatic rings. The summed E-state index contributed by atoms with van der Waals surface area (Å²) < 4.78 is 10.9. The van der Waals surface area contributed by atoms with Crippen LogP contribution < -0.4 is 4.57 Å². The van der Waals surface area contributed by atoms with Crippen molar-refractivity contribution < 1.29 is 9.30 Å². The topological polar surface area (TPSA) is 38.9 Å². The number of ether oxygens (including phenoxy) is 1. The highest BCUT2D eigenvalue weighted by Crippen LogP contribution is 2.17. The van der Waals surface area contributed by atoms with Crippen molar-refractivity contribution in [2.75, 3.05) is 7.11 Å². The van der Waals surface area contributed by atoms with Crippen LogP contribution in [-0.4, -0.2) is 16.5 Å². The molecule has 0 radical (unpaired) electrons. The minimum atomic E-state index is 0.566. The van der Waals surface area contributed by atoms with Crippen LogP contribution >= 0.6 is 11.5 Å². The maximum atomic E-state index is 5.00. The molecule has 0 N–H and O–H groups in total. The van der Waals surface area contributed by atoms with Gasteiger partial charge in [-0.3, -0.25) is 0 Å². The summed E-state index contributed by atoms with van der Waals surface area (Å²) in [6, 6.07) is 4.00. The van der Waals surface area contributed by atoms with Crippen LogP contribution in [0.15, 0.2) is 30.9 Å². The number of nitrogens with zero attached hydrogens (tertiary/aromatic N) is 3. The van der Waals surface area contributed by atoms with E-state index in [0.717, 1.165) is 10.6 Å². The Morgan fingerprint density at radius 3 is 2.79 bits per heavy atom. The summed E-state index contributed by atoms with van der Waals surface area (Å²) in [5.74, 6) is 0. The molecule has 0 fully saturated rings. The van der Waals surface area contributed by atoms with Gasteiger partial charge in [0, 0.05) is 24.8 Å². The monoisotopic (exact) mass is 208 g/mol. The first kappa shape index (κ1) is 9.23. The average molecular weight is 208 g/mol. The Labute approximate surface area is 86.0 Å². The highest BCUT2D eigenvalue weighted by atomic mass is 32.1. The van der Waals surface area contributed by atoms with Crippen molar-refractivity contribution in [3.05, 3.63) is 30.9 Å². The fourth-order valence-corrected chi connectivity index (χ4v) is 1.67. The molecule has 0 amide bonds. The summed E-state index contributed by atoms with van der Waals surface area (Å²) in [7, 11) is 1.67. The van der Waals surface area contributed by atoms with Crippen molar-refractivity contribution in [2.45, 2.75) is 6.73 Å². The second-order valence-corrected chi connectivity index (χ2v) is 3.55. The van der Waals surface area contributed by atoms with Gasteiger partial charge in [-0.1, -0.05) is 0 Å². The predicted molar refractivity (Wildman–Crippen MR) is 52.5 cm³/mol. The van der Waals surface area contributed by atoms with E-state index in [0.29, 0.717) is 6.73 Å². The minimum Gasteiger partial charge on any atom is -0.327 e. The Morgan fingerprint density at radius 2 is 2.21 bits per heavy atom. The van der Waals surface area contributed by atoms with Gasteiger partial charge < -0.3 is 4.74 Å². The predicted octanol–water partition coefficient (Wildman–Crippen LogP) is 1.10. The lowest BCUT2D eigenvalue weighted by molar-refractivity contribution is -0.731. The third kappa shape index (κ3) is 1.94. The van der Waals surface area contributed by atoms with E-state index in [1.54, 1.807) is 13.4 Å². The van der Waals surface area contributed by atoms with Crippen molar-refractivity contribution in [1.82, 2.24) is 9.36 Å². The van der Waals surface area contributed by atoms with E-state index in [9.17, 15) is 0 Å². The number of aromatic nitrogens is 3. The molecule has 72 valence electrons. The van der Waals surface area contributed by atoms with E-state index in [1.165, 1.54) is 11.5 Å². The van der Waals surface area contributed by atoms with Gasteiger partial charge in [-0.15, -0.1) is 0 Å². The highest BCUT2D eigenvalue weighted by Gasteiger charge is 2.03. The van der Waals surface area contributed by atoms with Gasteiger partial charge in [0.05, 0.1) is 0 Å². The Hall–Kier alpha value is -1.33. The summed E-state index contributed by atoms with van der Waals surface area (Å²) in [5, 5.41) is 0.939. The molecule has 4 nitrogen and oxygen atoms in total. The summed E-state index contributed by atoms with van der Waals surface area (Å²) in [6.45, 7) is 0.566. The van der Waals surface area contributed by atoms with Crippen molar-refractivity contribution in [2.24, 2.45) is 0 Å². The molecular formula is C9H10N3OS+. The van der Waals surface area contributed by atoms with E-state index in [2.05, 4.69) is 9.36 Å². The molecule has 14 heavy (non-hydrogen) atoms. The smallest absolute Gasteiger partial charge is 0.252 e. The number of rotatable bonds is 3. The van der Waals surface area contributed by atoms with Crippen molar-refractivity contribution in [1.29, 1.82) is 0 Å². The van der Waals surface area contributed by atoms with Crippen LogP contribution in [0.4, 0.5) is 0 Å². The fraction of sp³-hybridized carbons (Fsp3) is 0.222. The summed E-state index contributed by atoms with van der Waals surface area (Å²) in [6.07, 6.45) is 5.48. The molecule has 0 aliphatic rings. The van der Waals surface area contributed by atoms with Gasteiger partial charge in [-0.25, -0.2) is 4.98 Å². The zero-order valence-electron chi connectivity index (χ0n) is 7.75. The van der Waals surface area contributed by atoms with Gasteiger partial charge >= 0.3 is 0 Å². The van der Waals surface area contributed by atoms with Gasteiger partial charge in [0.15, 0.2) is 12.4 Å². The van der Waals surface area contributed by atoms with Crippen LogP contribution in [0.3, 0.4) is 0 Å². The van der Waals surface area contributed by atoms with Crippen molar-refractivity contribution >= 4 is 11.5 Å². The van der Waals surface area contributed by atoms with Crippen LogP contribution in [0.1, 0.15) is 0 Å². The van der Waals surface area contributed by atoms with Crippen molar-refractivity contribution in [3.63, 3.8) is 0 Å². The number of hydrogen-bond donors (Lipinski definition) is 0. The molecule has 2 aromatic heterocycles. The molecule has 5 heteroatoms. The summed E-state index contributed by atoms with van der Waals surface area (Å²) >= 11 is 1.39. The lowest BCUT2D eigenvalue weighted by Gasteiger charge is -1.95. The normalized spacial score (nSPS) is 10.4. The van der Waals surface area contributed by atoms with Gasteiger partial charge in [0.1, 0.15) is 11.3 Å². The fourth-order valence-electron chi connectivity index (χ4n) is 1.14. The Kier molecular flexibility index (Phi) is 2.81. The van der Waals surface area contributed by atoms with E-state index >= 15 is 0 Å². The minimum absolute atomic E-state index is 0.566. The third-order valence-corrected chi connectivity index (χ3v) is 2.49. The van der Waals surface area contributed by atoms with Gasteiger partial charge in [-0.05, 0) is 11.5 Å². The standard InChI is InChI=1S/C9H10N3OS/c1-13-7-12-4-2-8(3-5-12)9-10-6-11-14-9/h2-6H,7H2,1H3/q+1. The van der Waals surface area contributed by atoms with E-state index in [-0.39, 0.29) is 0 Å². The molecule has 0 atom stereocenters. The van der Waals surface area contributed by atoms with E-state index in [4.69, 9.17) is 4.74 Å². The lowest BCUT2D eigenvalue weighted by atomic mass is 10.3. The maximum Gasteiger partial charge on any atom is 0.252 e. The van der Waals surface area contributed by atoms with Crippen LogP contribution in [0.5, 0.6) is 0 Å². The van der Waals surface area contributed by atoms with Crippen LogP contribution in [0, 0.1) is 0 Å². The zero-order chi connectivity index (χ0) is 9.80. The largest absolute Gasteiger partial charge is 0.327 e. The van der Waals surface area contributed by atoms with E-state index in [1.807, 2.05) is 29.1 Å². The number of methoxy groups -OCH3 is 1. The van der Waals surface area contributed by atoms with Gasteiger partial charge in [0.25, 0.3) is 6.73 Å². The Morgan fingerprint density at radius 1 is 1.43 bits per heavy atom. The first-order valence-electron chi connectivity index (χ1n) is 4.15. The SMILES string of the molecule is COC[n+]1ccc(-c2ncns2)cc1. The molecule has 0 saturated heterocycles. The summed E-state index contributed by atoms with van der Waals surface area (Å²) in [4.78, 5) is 4.13. The first-order valence-corrected chi connectivity index (χ1v) is 4.92. The van der Waals surface area contributed by atoms with Crippen LogP contribution in [-0.2, 0) is 11.5 Å². The van der Waals surface area contributed by atoms with Crippen LogP contribution in [0.25, 0.3) is 10.6 Å². The molecular weight excluding hydrogens is 198 g/mol. The average Bonchev–Trinajstić information content (AvgIpc) is 2.72. The van der Waals surface area contributed by atoms with Crippen LogP contribution in [0.2, 0.25) is 0 Å². The van der Waals surface area contributed by atoms with E-state index < -0.39 is 0 Å². The Balaban J connectivity index is 2.22. The zero-order valence-corrected chi connectivity index (χ0v) is 8.57. The molecule has 0 aromatic carbocycles. The van der Waals surface area contributed by atoms with Gasteiger partial charge in [0.2, 0.25) is 0 Å². The Bertz CT molecular complexity index is 385. The molecule has 2 rings (SSSR count). The lowest BCUT2D eigenvalue weighted by Crippen LogP contribution is -2.33. The number of hydrogen-bond acceptors (Lipinski definition) is 4. The molecule has 0 spiro atoms. The quantitative estimate of drug-likeness (QED) is 0.709.